The second-order valence-electron chi connectivity index (χ2n) is 9.70. The summed E-state index contributed by atoms with van der Waals surface area (Å²) in [6.07, 6.45) is 11.1. The fourth-order valence-electron chi connectivity index (χ4n) is 5.50. The molecule has 2 aliphatic heterocycles. The number of halogens is 1. The van der Waals surface area contributed by atoms with Crippen molar-refractivity contribution >= 4 is 35.8 Å². The van der Waals surface area contributed by atoms with Gasteiger partial charge >= 0.3 is 0 Å². The molecule has 1 saturated carbocycles. The number of benzene rings is 1. The van der Waals surface area contributed by atoms with Crippen molar-refractivity contribution in [3.8, 4) is 0 Å². The smallest absolute Gasteiger partial charge is 0.222 e. The average molecular weight is 568 g/mol. The topological polar surface area (TPSA) is 60.0 Å². The van der Waals surface area contributed by atoms with Gasteiger partial charge in [-0.1, -0.05) is 43.5 Å². The number of rotatable bonds is 7. The summed E-state index contributed by atoms with van der Waals surface area (Å²) in [5.41, 5.74) is 2.39. The van der Waals surface area contributed by atoms with Crippen LogP contribution < -0.4 is 10.6 Å². The molecular weight excluding hydrogens is 525 g/mol. The number of hydrogen-bond acceptors (Lipinski definition) is 3. The zero-order valence-corrected chi connectivity index (χ0v) is 22.6. The lowest BCUT2D eigenvalue weighted by Gasteiger charge is -2.40. The van der Waals surface area contributed by atoms with Crippen LogP contribution in [0.3, 0.4) is 0 Å². The number of nitrogens with zero attached hydrogens (tertiary/aromatic N) is 3. The van der Waals surface area contributed by atoms with E-state index in [1.807, 2.05) is 4.90 Å². The standard InChI is InChI=1S/C26H41N5O.HI/c1-2-27-26(29-23-11-7-15-30(20-23)24-12-4-3-5-13-24)28-18-21-9-6-10-22(17-21)19-31-16-8-14-25(31)32;/h6,9-10,17,23-24H,2-5,7-8,11-16,18-20H2,1H3,(H2,27,28,29);1H. The number of guanidine groups is 1. The third-order valence-electron chi connectivity index (χ3n) is 7.18. The molecule has 1 unspecified atom stereocenters. The predicted molar refractivity (Wildman–Crippen MR) is 146 cm³/mol. The number of hydrogen-bond donors (Lipinski definition) is 2. The second-order valence-corrected chi connectivity index (χ2v) is 9.70. The van der Waals surface area contributed by atoms with Crippen LogP contribution in [-0.2, 0) is 17.9 Å². The van der Waals surface area contributed by atoms with Crippen LogP contribution in [0, 0.1) is 0 Å². The first kappa shape index (κ1) is 26.3. The summed E-state index contributed by atoms with van der Waals surface area (Å²) in [4.78, 5) is 21.5. The zero-order valence-electron chi connectivity index (χ0n) is 20.2. The molecule has 1 atom stereocenters. The van der Waals surface area contributed by atoms with E-state index in [0.29, 0.717) is 25.6 Å². The van der Waals surface area contributed by atoms with E-state index < -0.39 is 0 Å². The first-order valence-corrected chi connectivity index (χ1v) is 12.9. The molecule has 1 aromatic rings. The van der Waals surface area contributed by atoms with Crippen molar-refractivity contribution in [3.63, 3.8) is 0 Å². The molecule has 4 rings (SSSR count). The Balaban J connectivity index is 0.00000306. The quantitative estimate of drug-likeness (QED) is 0.294. The van der Waals surface area contributed by atoms with E-state index in [9.17, 15) is 4.79 Å². The molecule has 0 radical (unpaired) electrons. The summed E-state index contributed by atoms with van der Waals surface area (Å²) < 4.78 is 0. The monoisotopic (exact) mass is 567 g/mol. The van der Waals surface area contributed by atoms with Gasteiger partial charge in [-0.05, 0) is 56.7 Å². The Kier molecular flexibility index (Phi) is 10.8. The summed E-state index contributed by atoms with van der Waals surface area (Å²) in [5, 5.41) is 7.16. The first-order chi connectivity index (χ1) is 15.7. The minimum Gasteiger partial charge on any atom is -0.357 e. The van der Waals surface area contributed by atoms with Crippen LogP contribution in [0.25, 0.3) is 0 Å². The first-order valence-electron chi connectivity index (χ1n) is 12.9. The van der Waals surface area contributed by atoms with Gasteiger partial charge in [0.1, 0.15) is 0 Å². The maximum Gasteiger partial charge on any atom is 0.222 e. The van der Waals surface area contributed by atoms with E-state index in [1.165, 1.54) is 62.6 Å². The highest BCUT2D eigenvalue weighted by Gasteiger charge is 2.27. The number of aliphatic imine (C=N–C) groups is 1. The van der Waals surface area contributed by atoms with Crippen molar-refractivity contribution in [2.75, 3.05) is 26.2 Å². The normalized spacial score (nSPS) is 22.8. The largest absolute Gasteiger partial charge is 0.357 e. The van der Waals surface area contributed by atoms with Gasteiger partial charge in [0.25, 0.3) is 0 Å². The highest BCUT2D eigenvalue weighted by molar-refractivity contribution is 14.0. The molecule has 33 heavy (non-hydrogen) atoms. The molecule has 6 nitrogen and oxygen atoms in total. The van der Waals surface area contributed by atoms with Gasteiger partial charge in [-0.2, -0.15) is 0 Å². The lowest BCUT2D eigenvalue weighted by Crippen LogP contribution is -2.53. The summed E-state index contributed by atoms with van der Waals surface area (Å²) >= 11 is 0. The number of likely N-dealkylation sites (tertiary alicyclic amines) is 2. The fraction of sp³-hybridized carbons (Fsp3) is 0.692. The van der Waals surface area contributed by atoms with Crippen LogP contribution in [0.4, 0.5) is 0 Å². The molecule has 2 heterocycles. The Hall–Kier alpha value is -1.35. The minimum atomic E-state index is 0. The predicted octanol–water partition coefficient (Wildman–Crippen LogP) is 4.28. The number of nitrogens with one attached hydrogen (secondary N) is 2. The van der Waals surface area contributed by atoms with E-state index in [2.05, 4.69) is 46.7 Å². The van der Waals surface area contributed by atoms with E-state index in [4.69, 9.17) is 4.99 Å². The van der Waals surface area contributed by atoms with Gasteiger partial charge in [-0.25, -0.2) is 4.99 Å². The minimum absolute atomic E-state index is 0. The van der Waals surface area contributed by atoms with Crippen molar-refractivity contribution in [1.29, 1.82) is 0 Å². The van der Waals surface area contributed by atoms with Crippen LogP contribution >= 0.6 is 24.0 Å². The van der Waals surface area contributed by atoms with Crippen molar-refractivity contribution < 1.29 is 4.79 Å². The number of carbonyl (C=O) groups is 1. The average Bonchev–Trinajstić information content (AvgIpc) is 3.23. The number of amides is 1. The lowest BCUT2D eigenvalue weighted by molar-refractivity contribution is -0.128. The summed E-state index contributed by atoms with van der Waals surface area (Å²) in [5.74, 6) is 1.20. The van der Waals surface area contributed by atoms with Gasteiger partial charge in [0, 0.05) is 44.7 Å². The van der Waals surface area contributed by atoms with E-state index >= 15 is 0 Å². The van der Waals surface area contributed by atoms with Crippen LogP contribution in [0.2, 0.25) is 0 Å². The molecule has 3 fully saturated rings. The molecule has 0 spiro atoms. The van der Waals surface area contributed by atoms with Crippen molar-refractivity contribution in [2.24, 2.45) is 4.99 Å². The fourth-order valence-corrected chi connectivity index (χ4v) is 5.50. The molecule has 1 aliphatic carbocycles. The third-order valence-corrected chi connectivity index (χ3v) is 7.18. The van der Waals surface area contributed by atoms with Gasteiger partial charge in [0.2, 0.25) is 5.91 Å². The maximum atomic E-state index is 11.9. The van der Waals surface area contributed by atoms with Gasteiger partial charge in [0.15, 0.2) is 5.96 Å². The third kappa shape index (κ3) is 7.84. The Labute approximate surface area is 217 Å². The van der Waals surface area contributed by atoms with Crippen molar-refractivity contribution in [2.45, 2.75) is 89.9 Å². The van der Waals surface area contributed by atoms with Gasteiger partial charge in [-0.3, -0.25) is 9.69 Å². The molecule has 1 aromatic carbocycles. The van der Waals surface area contributed by atoms with Crippen LogP contribution in [-0.4, -0.2) is 59.9 Å². The zero-order chi connectivity index (χ0) is 22.2. The molecule has 0 aromatic heterocycles. The molecule has 7 heteroatoms. The van der Waals surface area contributed by atoms with Crippen LogP contribution in [0.5, 0.6) is 0 Å². The van der Waals surface area contributed by atoms with Gasteiger partial charge < -0.3 is 15.5 Å². The number of carbonyl (C=O) groups excluding carboxylic acids is 1. The van der Waals surface area contributed by atoms with Crippen LogP contribution in [0.1, 0.15) is 75.8 Å². The van der Waals surface area contributed by atoms with Gasteiger partial charge in [-0.15, -0.1) is 24.0 Å². The Morgan fingerprint density at radius 3 is 2.64 bits per heavy atom. The Morgan fingerprint density at radius 2 is 1.88 bits per heavy atom. The molecule has 0 bridgehead atoms. The highest BCUT2D eigenvalue weighted by atomic mass is 127. The summed E-state index contributed by atoms with van der Waals surface area (Å²) in [6, 6.07) is 9.79. The van der Waals surface area contributed by atoms with E-state index in [-0.39, 0.29) is 29.9 Å². The molecule has 1 amide bonds. The highest BCUT2D eigenvalue weighted by Crippen LogP contribution is 2.25. The maximum absolute atomic E-state index is 11.9. The molecule has 2 N–H and O–H groups in total. The second kappa shape index (κ2) is 13.5. The molecule has 184 valence electrons. The van der Waals surface area contributed by atoms with Crippen molar-refractivity contribution in [1.82, 2.24) is 20.4 Å². The van der Waals surface area contributed by atoms with E-state index in [1.54, 1.807) is 0 Å². The summed E-state index contributed by atoms with van der Waals surface area (Å²) in [7, 11) is 0. The SMILES string of the molecule is CCNC(=NCc1cccc(CN2CCCC2=O)c1)NC1CCCN(C2CCCCC2)C1.I. The van der Waals surface area contributed by atoms with Crippen LogP contribution in [0.15, 0.2) is 29.3 Å². The lowest BCUT2D eigenvalue weighted by atomic mass is 9.92. The van der Waals surface area contributed by atoms with Crippen molar-refractivity contribution in [3.05, 3.63) is 35.4 Å². The number of piperidine rings is 1. The molecular formula is C26H42IN5O. The molecule has 2 saturated heterocycles. The van der Waals surface area contributed by atoms with Gasteiger partial charge in [0.05, 0.1) is 6.54 Å². The molecule has 3 aliphatic rings. The summed E-state index contributed by atoms with van der Waals surface area (Å²) in [6.45, 7) is 7.62. The Morgan fingerprint density at radius 1 is 1.06 bits per heavy atom. The van der Waals surface area contributed by atoms with E-state index in [0.717, 1.165) is 38.1 Å². The Bertz CT molecular complexity index is 780.